The molecule has 3 rings (SSSR count). The summed E-state index contributed by atoms with van der Waals surface area (Å²) in [6.45, 7) is 7.14. The molecule has 0 unspecified atom stereocenters. The largest absolute Gasteiger partial charge is 0.467 e. The first-order valence-corrected chi connectivity index (χ1v) is 7.76. The van der Waals surface area contributed by atoms with Gasteiger partial charge in [-0.15, -0.1) is 11.3 Å². The summed E-state index contributed by atoms with van der Waals surface area (Å²) in [7, 11) is 1.91. The van der Waals surface area contributed by atoms with Gasteiger partial charge in [0.05, 0.1) is 18.5 Å². The summed E-state index contributed by atoms with van der Waals surface area (Å²) in [4.78, 5) is 5.92. The summed E-state index contributed by atoms with van der Waals surface area (Å²) >= 11 is 1.69. The number of nitrogens with zero attached hydrogens (tertiary/aromatic N) is 2. The fraction of sp³-hybridized carbons (Fsp3) is 0.312. The van der Waals surface area contributed by atoms with Crippen LogP contribution in [0.3, 0.4) is 0 Å². The molecule has 0 aliphatic rings. The van der Waals surface area contributed by atoms with E-state index in [1.165, 1.54) is 21.8 Å². The number of hydrogen-bond donors (Lipinski definition) is 1. The summed E-state index contributed by atoms with van der Waals surface area (Å²) in [6, 6.07) is 6.14. The van der Waals surface area contributed by atoms with Gasteiger partial charge in [-0.25, -0.2) is 4.98 Å². The fourth-order valence-corrected chi connectivity index (χ4v) is 3.38. The molecule has 0 aliphatic carbocycles. The smallest absolute Gasteiger partial charge is 0.183 e. The van der Waals surface area contributed by atoms with Crippen molar-refractivity contribution < 1.29 is 4.42 Å². The van der Waals surface area contributed by atoms with Crippen LogP contribution in [0, 0.1) is 20.8 Å². The lowest BCUT2D eigenvalue weighted by atomic mass is 10.1. The van der Waals surface area contributed by atoms with Crippen LogP contribution in [-0.4, -0.2) is 16.6 Å². The van der Waals surface area contributed by atoms with Gasteiger partial charge >= 0.3 is 0 Å². The monoisotopic (exact) mass is 301 g/mol. The van der Waals surface area contributed by atoms with Crippen molar-refractivity contribution in [1.82, 2.24) is 9.55 Å². The molecule has 0 saturated heterocycles. The Hall–Kier alpha value is -2.01. The van der Waals surface area contributed by atoms with E-state index < -0.39 is 0 Å². The zero-order valence-electron chi connectivity index (χ0n) is 12.7. The zero-order valence-corrected chi connectivity index (χ0v) is 13.5. The second-order valence-electron chi connectivity index (χ2n) is 5.12. The van der Waals surface area contributed by atoms with Gasteiger partial charge in [-0.05, 0) is 39.0 Å². The minimum atomic E-state index is 0.757. The van der Waals surface area contributed by atoms with Crippen LogP contribution in [0.5, 0.6) is 0 Å². The quantitative estimate of drug-likeness (QED) is 0.784. The molecule has 3 aromatic heterocycles. The summed E-state index contributed by atoms with van der Waals surface area (Å²) in [5, 5.41) is 4.08. The van der Waals surface area contributed by atoms with Gasteiger partial charge in [0.2, 0.25) is 0 Å². The molecule has 21 heavy (non-hydrogen) atoms. The third-order valence-electron chi connectivity index (χ3n) is 3.73. The predicted molar refractivity (Wildman–Crippen MR) is 87.1 cm³/mol. The Morgan fingerprint density at radius 2 is 2.14 bits per heavy atom. The lowest BCUT2D eigenvalue weighted by molar-refractivity contribution is 0.489. The van der Waals surface area contributed by atoms with E-state index in [-0.39, 0.29) is 0 Å². The van der Waals surface area contributed by atoms with Crippen molar-refractivity contribution in [1.29, 1.82) is 0 Å². The normalized spacial score (nSPS) is 11.0. The first-order chi connectivity index (χ1) is 10.1. The number of hydrogen-bond acceptors (Lipinski definition) is 4. The van der Waals surface area contributed by atoms with E-state index in [1.54, 1.807) is 17.6 Å². The third kappa shape index (κ3) is 2.49. The van der Waals surface area contributed by atoms with E-state index in [1.807, 2.05) is 19.2 Å². The van der Waals surface area contributed by atoms with Crippen LogP contribution in [0.1, 0.15) is 22.0 Å². The van der Waals surface area contributed by atoms with Gasteiger partial charge in [0.25, 0.3) is 0 Å². The number of aryl methyl sites for hydroxylation is 2. The van der Waals surface area contributed by atoms with Crippen molar-refractivity contribution in [2.45, 2.75) is 27.3 Å². The van der Waals surface area contributed by atoms with Crippen LogP contribution in [0.2, 0.25) is 0 Å². The molecule has 0 aromatic carbocycles. The van der Waals surface area contributed by atoms with Gasteiger partial charge < -0.3 is 14.3 Å². The molecule has 3 heterocycles. The SMILES string of the molecule is CNc1nc(-c2cc(C)n(Cc3ccco3)c2C)c(C)s1. The average Bonchev–Trinajstić information content (AvgIpc) is 3.15. The number of anilines is 1. The lowest BCUT2D eigenvalue weighted by Crippen LogP contribution is -2.03. The predicted octanol–water partition coefficient (Wildman–Crippen LogP) is 4.22. The number of thiazole rings is 1. The molecular weight excluding hydrogens is 282 g/mol. The van der Waals surface area contributed by atoms with Crippen LogP contribution in [0.15, 0.2) is 28.9 Å². The number of nitrogens with one attached hydrogen (secondary N) is 1. The molecule has 3 aromatic rings. The topological polar surface area (TPSA) is 43.0 Å². The maximum Gasteiger partial charge on any atom is 0.183 e. The van der Waals surface area contributed by atoms with Gasteiger partial charge in [-0.3, -0.25) is 0 Å². The minimum Gasteiger partial charge on any atom is -0.467 e. The molecule has 1 N–H and O–H groups in total. The highest BCUT2D eigenvalue weighted by Gasteiger charge is 2.16. The molecule has 0 fully saturated rings. The van der Waals surface area contributed by atoms with Crippen LogP contribution >= 0.6 is 11.3 Å². The maximum absolute atomic E-state index is 5.46. The highest BCUT2D eigenvalue weighted by Crippen LogP contribution is 2.34. The van der Waals surface area contributed by atoms with Gasteiger partial charge in [0.1, 0.15) is 5.76 Å². The minimum absolute atomic E-state index is 0.757. The van der Waals surface area contributed by atoms with Gasteiger partial charge in [0, 0.05) is 28.9 Å². The average molecular weight is 301 g/mol. The first kappa shape index (κ1) is 13.9. The second-order valence-corrected chi connectivity index (χ2v) is 6.33. The summed E-state index contributed by atoms with van der Waals surface area (Å²) in [5.74, 6) is 0.967. The maximum atomic E-state index is 5.46. The Labute approximate surface area is 128 Å². The number of rotatable bonds is 4. The highest BCUT2D eigenvalue weighted by molar-refractivity contribution is 7.15. The van der Waals surface area contributed by atoms with Crippen molar-refractivity contribution in [3.63, 3.8) is 0 Å². The Bertz CT molecular complexity index is 753. The van der Waals surface area contributed by atoms with E-state index in [2.05, 4.69) is 41.7 Å². The zero-order chi connectivity index (χ0) is 15.0. The molecule has 0 amide bonds. The van der Waals surface area contributed by atoms with Crippen LogP contribution in [0.25, 0.3) is 11.3 Å². The molecule has 110 valence electrons. The molecule has 4 nitrogen and oxygen atoms in total. The molecule has 5 heteroatoms. The molecule has 0 radical (unpaired) electrons. The van der Waals surface area contributed by atoms with Crippen LogP contribution in [-0.2, 0) is 6.54 Å². The van der Waals surface area contributed by atoms with Gasteiger partial charge in [-0.2, -0.15) is 0 Å². The van der Waals surface area contributed by atoms with Gasteiger partial charge in [-0.1, -0.05) is 0 Å². The Balaban J connectivity index is 2.02. The Morgan fingerprint density at radius 3 is 2.76 bits per heavy atom. The third-order valence-corrected chi connectivity index (χ3v) is 4.72. The molecular formula is C16H19N3OS. The van der Waals surface area contributed by atoms with Crippen LogP contribution in [0.4, 0.5) is 5.13 Å². The summed E-state index contributed by atoms with van der Waals surface area (Å²) < 4.78 is 7.73. The van der Waals surface area contributed by atoms with E-state index in [9.17, 15) is 0 Å². The van der Waals surface area contributed by atoms with Crippen molar-refractivity contribution >= 4 is 16.5 Å². The number of aromatic nitrogens is 2. The summed E-state index contributed by atoms with van der Waals surface area (Å²) in [6.07, 6.45) is 1.72. The van der Waals surface area contributed by atoms with Crippen molar-refractivity contribution in [2.24, 2.45) is 0 Å². The van der Waals surface area contributed by atoms with E-state index in [0.29, 0.717) is 0 Å². The van der Waals surface area contributed by atoms with Crippen molar-refractivity contribution in [3.05, 3.63) is 46.5 Å². The second kappa shape index (κ2) is 5.41. The molecule has 0 atom stereocenters. The van der Waals surface area contributed by atoms with E-state index in [0.717, 1.165) is 23.1 Å². The van der Waals surface area contributed by atoms with Crippen molar-refractivity contribution in [3.8, 4) is 11.3 Å². The van der Waals surface area contributed by atoms with Crippen LogP contribution < -0.4 is 5.32 Å². The molecule has 0 saturated carbocycles. The number of furan rings is 1. The summed E-state index contributed by atoms with van der Waals surface area (Å²) in [5.41, 5.74) is 4.72. The highest BCUT2D eigenvalue weighted by atomic mass is 32.1. The van der Waals surface area contributed by atoms with Gasteiger partial charge in [0.15, 0.2) is 5.13 Å². The Kier molecular flexibility index (Phi) is 3.59. The molecule has 0 spiro atoms. The first-order valence-electron chi connectivity index (χ1n) is 6.94. The van der Waals surface area contributed by atoms with E-state index in [4.69, 9.17) is 4.42 Å². The molecule has 0 aliphatic heterocycles. The van der Waals surface area contributed by atoms with Crippen molar-refractivity contribution in [2.75, 3.05) is 12.4 Å². The molecule has 0 bridgehead atoms. The van der Waals surface area contributed by atoms with E-state index >= 15 is 0 Å². The fourth-order valence-electron chi connectivity index (χ4n) is 2.60. The Morgan fingerprint density at radius 1 is 1.33 bits per heavy atom. The lowest BCUT2D eigenvalue weighted by Gasteiger charge is -2.07. The standard InChI is InChI=1S/C16H19N3OS/c1-10-8-14(15-12(3)21-16(17-4)18-15)11(2)19(10)9-13-6-5-7-20-13/h5-8H,9H2,1-4H3,(H,17,18).